The molecule has 0 saturated carbocycles. The standard InChI is InChI=1S/C13H31N5Si2/c1-12(2,3)19(7,8)16-11-14-17-18(15-11)20(9,10)13(4,5)6/h1-10H3,(H,15,16). The van der Waals surface area contributed by atoms with E-state index in [1.54, 1.807) is 0 Å². The van der Waals surface area contributed by atoms with Crippen LogP contribution in [0.4, 0.5) is 5.95 Å². The highest BCUT2D eigenvalue weighted by molar-refractivity contribution is 6.83. The van der Waals surface area contributed by atoms with Crippen molar-refractivity contribution in [3.63, 3.8) is 0 Å². The quantitative estimate of drug-likeness (QED) is 0.859. The van der Waals surface area contributed by atoms with Gasteiger partial charge in [0.2, 0.25) is 8.24 Å². The predicted molar refractivity (Wildman–Crippen MR) is 91.2 cm³/mol. The van der Waals surface area contributed by atoms with Crippen molar-refractivity contribution in [2.45, 2.75) is 77.8 Å². The molecule has 7 heteroatoms. The molecular weight excluding hydrogens is 282 g/mol. The molecule has 1 aromatic rings. The molecule has 5 nitrogen and oxygen atoms in total. The molecule has 20 heavy (non-hydrogen) atoms. The summed E-state index contributed by atoms with van der Waals surface area (Å²) < 4.78 is 1.88. The summed E-state index contributed by atoms with van der Waals surface area (Å²) in [6.45, 7) is 22.7. The van der Waals surface area contributed by atoms with Gasteiger partial charge < -0.3 is 4.98 Å². The Labute approximate surface area is 125 Å². The molecule has 0 amide bonds. The first-order valence-corrected chi connectivity index (χ1v) is 13.2. The van der Waals surface area contributed by atoms with Gasteiger partial charge in [-0.2, -0.15) is 4.46 Å². The highest BCUT2D eigenvalue weighted by Gasteiger charge is 2.41. The molecular formula is C13H31N5Si2. The molecule has 1 N–H and O–H groups in total. The summed E-state index contributed by atoms with van der Waals surface area (Å²) in [6.07, 6.45) is 0. The summed E-state index contributed by atoms with van der Waals surface area (Å²) in [5.41, 5.74) is 0. The van der Waals surface area contributed by atoms with Crippen molar-refractivity contribution < 1.29 is 0 Å². The number of hydrogen-bond donors (Lipinski definition) is 1. The third-order valence-electron chi connectivity index (χ3n) is 5.05. The Hall–Kier alpha value is -0.696. The molecule has 0 radical (unpaired) electrons. The zero-order chi connectivity index (χ0) is 16.0. The first kappa shape index (κ1) is 17.4. The monoisotopic (exact) mass is 313 g/mol. The molecule has 0 aliphatic heterocycles. The molecule has 0 aliphatic rings. The van der Waals surface area contributed by atoms with E-state index in [-0.39, 0.29) is 10.1 Å². The molecule has 0 aliphatic carbocycles. The second kappa shape index (κ2) is 4.94. The van der Waals surface area contributed by atoms with Crippen LogP contribution in [0.5, 0.6) is 0 Å². The Morgan fingerprint density at radius 2 is 1.40 bits per heavy atom. The summed E-state index contributed by atoms with van der Waals surface area (Å²) in [5.74, 6) is 0.682. The molecule has 0 unspecified atom stereocenters. The number of hydrogen-bond acceptors (Lipinski definition) is 4. The number of tetrazole rings is 1. The average molecular weight is 314 g/mol. The van der Waals surface area contributed by atoms with Crippen LogP contribution in [0, 0.1) is 0 Å². The number of anilines is 1. The molecule has 0 atom stereocenters. The molecule has 116 valence electrons. The normalized spacial score (nSPS) is 14.5. The van der Waals surface area contributed by atoms with Gasteiger partial charge in [-0.15, -0.1) is 5.10 Å². The second-order valence-corrected chi connectivity index (χ2v) is 18.7. The first-order chi connectivity index (χ1) is 8.68. The Morgan fingerprint density at radius 1 is 0.900 bits per heavy atom. The van der Waals surface area contributed by atoms with Gasteiger partial charge in [-0.3, -0.25) is 0 Å². The van der Waals surface area contributed by atoms with Crippen molar-refractivity contribution in [1.82, 2.24) is 19.9 Å². The van der Waals surface area contributed by atoms with Gasteiger partial charge in [0.15, 0.2) is 8.24 Å². The van der Waals surface area contributed by atoms with E-state index in [0.717, 1.165) is 0 Å². The van der Waals surface area contributed by atoms with Gasteiger partial charge in [0.25, 0.3) is 5.95 Å². The van der Waals surface area contributed by atoms with Gasteiger partial charge in [0, 0.05) is 0 Å². The lowest BCUT2D eigenvalue weighted by molar-refractivity contribution is 0.643. The van der Waals surface area contributed by atoms with Gasteiger partial charge in [-0.1, -0.05) is 64.9 Å². The molecule has 0 saturated heterocycles. The number of rotatable bonds is 3. The third kappa shape index (κ3) is 3.31. The maximum atomic E-state index is 4.63. The Balaban J connectivity index is 3.01. The van der Waals surface area contributed by atoms with Crippen molar-refractivity contribution >= 4 is 22.4 Å². The van der Waals surface area contributed by atoms with E-state index < -0.39 is 16.5 Å². The topological polar surface area (TPSA) is 55.6 Å². The third-order valence-corrected chi connectivity index (χ3v) is 14.5. The Morgan fingerprint density at radius 3 is 1.80 bits per heavy atom. The van der Waals surface area contributed by atoms with Gasteiger partial charge in [-0.05, 0) is 23.2 Å². The van der Waals surface area contributed by atoms with Gasteiger partial charge in [0.1, 0.15) is 0 Å². The van der Waals surface area contributed by atoms with Crippen molar-refractivity contribution in [2.24, 2.45) is 0 Å². The van der Waals surface area contributed by atoms with Gasteiger partial charge in [-0.25, -0.2) is 0 Å². The number of aromatic nitrogens is 4. The minimum atomic E-state index is -1.77. The fourth-order valence-corrected chi connectivity index (χ4v) is 3.52. The maximum absolute atomic E-state index is 4.63. The lowest BCUT2D eigenvalue weighted by atomic mass is 10.2. The largest absolute Gasteiger partial charge is 0.377 e. The second-order valence-electron chi connectivity index (χ2n) is 8.71. The SMILES string of the molecule is CC(C)(C)[Si](C)(C)Nc1nnn([Si](C)(C)C(C)(C)C)n1. The van der Waals surface area contributed by atoms with E-state index in [1.807, 2.05) is 4.46 Å². The lowest BCUT2D eigenvalue weighted by Gasteiger charge is -2.36. The van der Waals surface area contributed by atoms with E-state index in [1.165, 1.54) is 0 Å². The number of nitrogens with zero attached hydrogens (tertiary/aromatic N) is 4. The van der Waals surface area contributed by atoms with Crippen LogP contribution in [-0.4, -0.2) is 36.3 Å². The highest BCUT2D eigenvalue weighted by Crippen LogP contribution is 2.37. The Bertz CT molecular complexity index is 466. The van der Waals surface area contributed by atoms with Gasteiger partial charge >= 0.3 is 0 Å². The van der Waals surface area contributed by atoms with Crippen LogP contribution in [0.25, 0.3) is 0 Å². The lowest BCUT2D eigenvalue weighted by Crippen LogP contribution is -2.48. The van der Waals surface area contributed by atoms with Crippen LogP contribution < -0.4 is 4.98 Å². The van der Waals surface area contributed by atoms with Crippen molar-refractivity contribution in [3.05, 3.63) is 0 Å². The maximum Gasteiger partial charge on any atom is 0.254 e. The first-order valence-electron chi connectivity index (χ1n) is 7.27. The summed E-state index contributed by atoms with van der Waals surface area (Å²) in [7, 11) is -3.42. The predicted octanol–water partition coefficient (Wildman–Crippen LogP) is 3.94. The molecule has 0 fully saturated rings. The minimum Gasteiger partial charge on any atom is -0.377 e. The molecule has 1 aromatic heterocycles. The zero-order valence-electron chi connectivity index (χ0n) is 14.8. The van der Waals surface area contributed by atoms with E-state index in [2.05, 4.69) is 88.1 Å². The summed E-state index contributed by atoms with van der Waals surface area (Å²) in [5, 5.41) is 13.6. The van der Waals surface area contributed by atoms with E-state index >= 15 is 0 Å². The Kier molecular flexibility index (Phi) is 4.29. The molecule has 0 spiro atoms. The fraction of sp³-hybridized carbons (Fsp3) is 0.923. The van der Waals surface area contributed by atoms with Crippen LogP contribution in [-0.2, 0) is 0 Å². The molecule has 0 aromatic carbocycles. The van der Waals surface area contributed by atoms with Crippen molar-refractivity contribution in [2.75, 3.05) is 4.98 Å². The average Bonchev–Trinajstić information content (AvgIpc) is 2.62. The molecule has 1 rings (SSSR count). The smallest absolute Gasteiger partial charge is 0.254 e. The van der Waals surface area contributed by atoms with Crippen LogP contribution >= 0.6 is 0 Å². The van der Waals surface area contributed by atoms with E-state index in [9.17, 15) is 0 Å². The van der Waals surface area contributed by atoms with Crippen LogP contribution in [0.2, 0.25) is 36.3 Å². The van der Waals surface area contributed by atoms with Crippen molar-refractivity contribution in [1.29, 1.82) is 0 Å². The van der Waals surface area contributed by atoms with Crippen LogP contribution in [0.1, 0.15) is 41.5 Å². The van der Waals surface area contributed by atoms with E-state index in [0.29, 0.717) is 5.95 Å². The molecule has 0 bridgehead atoms. The van der Waals surface area contributed by atoms with Crippen LogP contribution in [0.3, 0.4) is 0 Å². The molecule has 1 heterocycles. The minimum absolute atomic E-state index is 0.196. The van der Waals surface area contributed by atoms with Crippen molar-refractivity contribution in [3.8, 4) is 0 Å². The summed E-state index contributed by atoms with van der Waals surface area (Å²) in [6, 6.07) is 0. The summed E-state index contributed by atoms with van der Waals surface area (Å²) in [4.78, 5) is 3.56. The fourth-order valence-electron chi connectivity index (χ4n) is 1.27. The number of nitrogens with one attached hydrogen (secondary N) is 1. The van der Waals surface area contributed by atoms with Crippen LogP contribution in [0.15, 0.2) is 0 Å². The zero-order valence-corrected chi connectivity index (χ0v) is 16.8. The van der Waals surface area contributed by atoms with E-state index in [4.69, 9.17) is 0 Å². The van der Waals surface area contributed by atoms with Gasteiger partial charge in [0.05, 0.1) is 0 Å². The summed E-state index contributed by atoms with van der Waals surface area (Å²) >= 11 is 0. The highest BCUT2D eigenvalue weighted by atomic mass is 28.3.